The van der Waals surface area contributed by atoms with Crippen molar-refractivity contribution in [2.75, 3.05) is 38.0 Å². The summed E-state index contributed by atoms with van der Waals surface area (Å²) >= 11 is 7.30. The van der Waals surface area contributed by atoms with Gasteiger partial charge in [0.05, 0.1) is 17.0 Å². The van der Waals surface area contributed by atoms with E-state index in [0.29, 0.717) is 34.6 Å². The lowest BCUT2D eigenvalue weighted by Crippen LogP contribution is -2.50. The highest BCUT2D eigenvalue weighted by atomic mass is 35.5. The molecule has 11 heteroatoms. The molecule has 2 heterocycles. The molecule has 0 radical (unpaired) electrons. The molecule has 4 rings (SSSR count). The zero-order valence-electron chi connectivity index (χ0n) is 18.3. The number of primary amides is 1. The fourth-order valence-electron chi connectivity index (χ4n) is 4.35. The van der Waals surface area contributed by atoms with Crippen LogP contribution in [0.25, 0.3) is 0 Å². The summed E-state index contributed by atoms with van der Waals surface area (Å²) in [5.74, 6) is -0.211. The normalized spacial score (nSPS) is 19.8. The summed E-state index contributed by atoms with van der Waals surface area (Å²) in [5.41, 5.74) is 7.04. The molecule has 178 valence electrons. The Bertz CT molecular complexity index is 1160. The van der Waals surface area contributed by atoms with E-state index in [1.54, 1.807) is 12.1 Å². The Morgan fingerprint density at radius 3 is 2.48 bits per heavy atom. The number of amides is 2. The molecule has 1 saturated heterocycles. The smallest absolute Gasteiger partial charge is 0.251 e. The molecule has 1 aromatic heterocycles. The van der Waals surface area contributed by atoms with E-state index in [-0.39, 0.29) is 30.4 Å². The van der Waals surface area contributed by atoms with Gasteiger partial charge in [-0.15, -0.1) is 11.3 Å². The summed E-state index contributed by atoms with van der Waals surface area (Å²) in [6.07, 6.45) is 2.69. The van der Waals surface area contributed by atoms with Crippen molar-refractivity contribution in [2.24, 2.45) is 11.7 Å². The molecule has 33 heavy (non-hydrogen) atoms. The minimum atomic E-state index is -3.60. The molecular formula is C22H27ClN4O4S2. The number of hydrogen-bond acceptors (Lipinski definition) is 6. The molecule has 8 nitrogen and oxygen atoms in total. The summed E-state index contributed by atoms with van der Waals surface area (Å²) in [7, 11) is -3.60. The van der Waals surface area contributed by atoms with Crippen molar-refractivity contribution >= 4 is 49.8 Å². The monoisotopic (exact) mass is 510 g/mol. The number of carbonyl (C=O) groups excluding carboxylic acids is 2. The number of fused-ring (bicyclic) bond motifs is 1. The Kier molecular flexibility index (Phi) is 7.11. The number of benzene rings is 1. The molecule has 2 amide bonds. The van der Waals surface area contributed by atoms with E-state index in [0.717, 1.165) is 29.7 Å². The second-order valence-electron chi connectivity index (χ2n) is 8.60. The fraction of sp³-hybridized carbons (Fsp3) is 0.455. The Labute approximate surface area is 202 Å². The summed E-state index contributed by atoms with van der Waals surface area (Å²) in [4.78, 5) is 28.0. The molecule has 0 unspecified atom stereocenters. The van der Waals surface area contributed by atoms with Gasteiger partial charge >= 0.3 is 0 Å². The SMILES string of the molecule is C[C@H]1CCc2c(sc(NC(=O)CN3CCN(S(=O)(=O)c4ccc(Cl)cc4)CC3)c2C(N)=O)C1. The lowest BCUT2D eigenvalue weighted by Gasteiger charge is -2.33. The summed E-state index contributed by atoms with van der Waals surface area (Å²) in [6.45, 7) is 3.73. The highest BCUT2D eigenvalue weighted by Gasteiger charge is 2.30. The Balaban J connectivity index is 1.36. The first-order chi connectivity index (χ1) is 15.6. The van der Waals surface area contributed by atoms with Gasteiger partial charge < -0.3 is 11.1 Å². The van der Waals surface area contributed by atoms with Gasteiger partial charge in [0.15, 0.2) is 0 Å². The third-order valence-corrected chi connectivity index (χ3v) is 9.50. The quantitative estimate of drug-likeness (QED) is 0.620. The van der Waals surface area contributed by atoms with Gasteiger partial charge in [-0.1, -0.05) is 18.5 Å². The van der Waals surface area contributed by atoms with Gasteiger partial charge in [-0.05, 0) is 55.0 Å². The number of piperazine rings is 1. The van der Waals surface area contributed by atoms with Gasteiger partial charge in [0.25, 0.3) is 5.91 Å². The second kappa shape index (κ2) is 9.71. The maximum atomic E-state index is 12.8. The van der Waals surface area contributed by atoms with E-state index in [9.17, 15) is 18.0 Å². The van der Waals surface area contributed by atoms with Crippen LogP contribution in [0.15, 0.2) is 29.2 Å². The first-order valence-corrected chi connectivity index (χ1v) is 13.5. The van der Waals surface area contributed by atoms with Crippen molar-refractivity contribution in [2.45, 2.75) is 31.1 Å². The number of hydrogen-bond donors (Lipinski definition) is 2. The summed E-state index contributed by atoms with van der Waals surface area (Å²) < 4.78 is 27.1. The van der Waals surface area contributed by atoms with Crippen molar-refractivity contribution in [1.29, 1.82) is 0 Å². The maximum Gasteiger partial charge on any atom is 0.251 e. The molecule has 1 fully saturated rings. The van der Waals surface area contributed by atoms with Gasteiger partial charge in [0.1, 0.15) is 5.00 Å². The first-order valence-electron chi connectivity index (χ1n) is 10.9. The minimum Gasteiger partial charge on any atom is -0.365 e. The third kappa shape index (κ3) is 5.25. The number of anilines is 1. The van der Waals surface area contributed by atoms with E-state index < -0.39 is 15.9 Å². The zero-order valence-corrected chi connectivity index (χ0v) is 20.7. The summed E-state index contributed by atoms with van der Waals surface area (Å²) in [6, 6.07) is 6.10. The fourth-order valence-corrected chi connectivity index (χ4v) is 7.33. The third-order valence-electron chi connectivity index (χ3n) is 6.16. The highest BCUT2D eigenvalue weighted by molar-refractivity contribution is 7.89. The second-order valence-corrected chi connectivity index (χ2v) is 12.1. The Morgan fingerprint density at radius 1 is 1.18 bits per heavy atom. The predicted octanol–water partition coefficient (Wildman–Crippen LogP) is 2.57. The molecule has 2 aliphatic rings. The number of nitrogens with two attached hydrogens (primary N) is 1. The number of thiophene rings is 1. The van der Waals surface area contributed by atoms with Crippen LogP contribution in [0.2, 0.25) is 5.02 Å². The van der Waals surface area contributed by atoms with Crippen LogP contribution in [0.4, 0.5) is 5.00 Å². The van der Waals surface area contributed by atoms with Crippen molar-refractivity contribution in [3.63, 3.8) is 0 Å². The van der Waals surface area contributed by atoms with E-state index in [2.05, 4.69) is 12.2 Å². The van der Waals surface area contributed by atoms with Gasteiger partial charge in [0.2, 0.25) is 15.9 Å². The lowest BCUT2D eigenvalue weighted by atomic mass is 9.88. The van der Waals surface area contributed by atoms with Gasteiger partial charge in [-0.2, -0.15) is 4.31 Å². The molecule has 0 saturated carbocycles. The van der Waals surface area contributed by atoms with Crippen molar-refractivity contribution in [3.8, 4) is 0 Å². The van der Waals surface area contributed by atoms with E-state index in [4.69, 9.17) is 17.3 Å². The Morgan fingerprint density at radius 2 is 1.85 bits per heavy atom. The van der Waals surface area contributed by atoms with Crippen LogP contribution < -0.4 is 11.1 Å². The number of nitrogens with one attached hydrogen (secondary N) is 1. The largest absolute Gasteiger partial charge is 0.365 e. The molecule has 0 bridgehead atoms. The van der Waals surface area contributed by atoms with Crippen molar-refractivity contribution < 1.29 is 18.0 Å². The van der Waals surface area contributed by atoms with Crippen LogP contribution in [0, 0.1) is 5.92 Å². The number of sulfonamides is 1. The molecule has 1 aliphatic carbocycles. The van der Waals surface area contributed by atoms with Crippen LogP contribution in [-0.4, -0.2) is 62.2 Å². The first kappa shape index (κ1) is 24.2. The predicted molar refractivity (Wildman–Crippen MR) is 129 cm³/mol. The van der Waals surface area contributed by atoms with Gasteiger partial charge in [-0.3, -0.25) is 14.5 Å². The van der Waals surface area contributed by atoms with Crippen LogP contribution >= 0.6 is 22.9 Å². The Hall–Kier alpha value is -1.98. The van der Waals surface area contributed by atoms with Crippen LogP contribution in [0.3, 0.4) is 0 Å². The standard InChI is InChI=1S/C22H27ClN4O4S2/c1-14-2-7-17-18(12-14)32-22(20(17)21(24)29)25-19(28)13-26-8-10-27(11-9-26)33(30,31)16-5-3-15(23)4-6-16/h3-6,14H,2,7-13H2,1H3,(H2,24,29)(H,25,28)/t14-/m0/s1. The maximum absolute atomic E-state index is 12.8. The molecule has 1 aliphatic heterocycles. The van der Waals surface area contributed by atoms with Crippen molar-refractivity contribution in [1.82, 2.24) is 9.21 Å². The molecule has 3 N–H and O–H groups in total. The van der Waals surface area contributed by atoms with Crippen LogP contribution in [-0.2, 0) is 27.7 Å². The average Bonchev–Trinajstić information content (AvgIpc) is 3.11. The van der Waals surface area contributed by atoms with Gasteiger partial charge in [-0.25, -0.2) is 8.42 Å². The number of halogens is 1. The van der Waals surface area contributed by atoms with Crippen molar-refractivity contribution in [3.05, 3.63) is 45.3 Å². The van der Waals surface area contributed by atoms with Crippen LogP contribution in [0.1, 0.15) is 34.1 Å². The summed E-state index contributed by atoms with van der Waals surface area (Å²) in [5, 5.41) is 3.88. The molecule has 0 spiro atoms. The molecular weight excluding hydrogens is 484 g/mol. The molecule has 1 aromatic carbocycles. The van der Waals surface area contributed by atoms with Crippen LogP contribution in [0.5, 0.6) is 0 Å². The van der Waals surface area contributed by atoms with E-state index >= 15 is 0 Å². The molecule has 2 aromatic rings. The lowest BCUT2D eigenvalue weighted by molar-refractivity contribution is -0.117. The number of carbonyl (C=O) groups is 2. The molecule has 1 atom stereocenters. The zero-order chi connectivity index (χ0) is 23.8. The van der Waals surface area contributed by atoms with E-state index in [1.165, 1.54) is 27.8 Å². The average molecular weight is 511 g/mol. The highest BCUT2D eigenvalue weighted by Crippen LogP contribution is 2.39. The topological polar surface area (TPSA) is 113 Å². The van der Waals surface area contributed by atoms with E-state index in [1.807, 2.05) is 4.90 Å². The van der Waals surface area contributed by atoms with Gasteiger partial charge in [0, 0.05) is 36.1 Å². The minimum absolute atomic E-state index is 0.117. The number of rotatable bonds is 6. The number of nitrogens with zero attached hydrogens (tertiary/aromatic N) is 2.